The summed E-state index contributed by atoms with van der Waals surface area (Å²) in [5.41, 5.74) is -4.58. The number of fused-ring (bicyclic) bond motifs is 3. The van der Waals surface area contributed by atoms with E-state index in [0.29, 0.717) is 43.9 Å². The number of methoxy groups -OCH3 is 1. The molecule has 1 saturated heterocycles. The summed E-state index contributed by atoms with van der Waals surface area (Å²) in [6, 6.07) is 1.33. The number of allylic oxidation sites excluding steroid dienone is 1. The standard InChI is InChI=1S/C40H51F4N5O9S/c1-7-23-16-22(2)10-8-9-11-25-20-39(25,58-36(53)48-59(54,55)38(5)13-14-38)47-32(50)29-18-26(57-33-27-19-28(41)30(56-6)17-24(27)12-15-45-33)21-49(29)34(51)31(23)46-35(52)37(3,4)40(42,43)44/h9,11-12,15,17,19,22-23,25-26,29,31H,7-8,10,13-14,16,18,20-21H2,1-6H3,(H,46,52)(H,47,50)(H,48,53)/b11-9-/t22-,23-,25-,26-,29+,31+,39-/m1/s1. The van der Waals surface area contributed by atoms with E-state index < -0.39 is 91.7 Å². The van der Waals surface area contributed by atoms with Gasteiger partial charge in [-0.15, -0.1) is 0 Å². The van der Waals surface area contributed by atoms with E-state index in [1.807, 2.05) is 17.7 Å². The summed E-state index contributed by atoms with van der Waals surface area (Å²) in [5, 5.41) is 5.91. The van der Waals surface area contributed by atoms with Crippen molar-refractivity contribution in [2.24, 2.45) is 23.2 Å². The van der Waals surface area contributed by atoms with Crippen LogP contribution >= 0.6 is 0 Å². The molecule has 3 heterocycles. The van der Waals surface area contributed by atoms with Crippen molar-refractivity contribution >= 4 is 44.6 Å². The monoisotopic (exact) mass is 853 g/mol. The fraction of sp³-hybridized carbons (Fsp3) is 0.625. The summed E-state index contributed by atoms with van der Waals surface area (Å²) in [7, 11) is -2.80. The third-order valence-corrected chi connectivity index (χ3v) is 14.4. The molecule has 4 aliphatic rings. The second-order valence-corrected chi connectivity index (χ2v) is 19.2. The van der Waals surface area contributed by atoms with Crippen LogP contribution in [0.3, 0.4) is 0 Å². The van der Waals surface area contributed by atoms with E-state index in [1.165, 1.54) is 32.4 Å². The topological polar surface area (TPSA) is 182 Å². The largest absolute Gasteiger partial charge is 0.494 e. The van der Waals surface area contributed by atoms with Gasteiger partial charge in [0, 0.05) is 30.3 Å². The molecule has 0 spiro atoms. The lowest BCUT2D eigenvalue weighted by Crippen LogP contribution is -2.60. The minimum atomic E-state index is -4.96. The number of aromatic nitrogens is 1. The Labute approximate surface area is 340 Å². The predicted molar refractivity (Wildman–Crippen MR) is 206 cm³/mol. The van der Waals surface area contributed by atoms with E-state index in [4.69, 9.17) is 14.2 Å². The highest BCUT2D eigenvalue weighted by molar-refractivity contribution is 7.91. The first-order valence-corrected chi connectivity index (χ1v) is 21.2. The summed E-state index contributed by atoms with van der Waals surface area (Å²) < 4.78 is 101. The van der Waals surface area contributed by atoms with Gasteiger partial charge in [0.2, 0.25) is 33.6 Å². The zero-order valence-electron chi connectivity index (χ0n) is 33.8. The molecule has 3 N–H and O–H groups in total. The number of nitrogens with one attached hydrogen (secondary N) is 3. The molecule has 0 radical (unpaired) electrons. The van der Waals surface area contributed by atoms with Gasteiger partial charge in [0.15, 0.2) is 17.3 Å². The van der Waals surface area contributed by atoms with Crippen LogP contribution in [0.4, 0.5) is 22.4 Å². The fourth-order valence-electron chi connectivity index (χ4n) is 7.69. The molecule has 7 atom stereocenters. The van der Waals surface area contributed by atoms with Gasteiger partial charge in [-0.2, -0.15) is 13.2 Å². The first kappa shape index (κ1) is 43.9. The van der Waals surface area contributed by atoms with Crippen molar-refractivity contribution in [1.82, 2.24) is 25.2 Å². The second-order valence-electron chi connectivity index (χ2n) is 17.0. The average molecular weight is 854 g/mol. The number of ether oxygens (including phenoxy) is 3. The van der Waals surface area contributed by atoms with E-state index in [9.17, 15) is 45.2 Å². The lowest BCUT2D eigenvalue weighted by molar-refractivity contribution is -0.212. The number of halogens is 4. The number of amides is 4. The van der Waals surface area contributed by atoms with Crippen molar-refractivity contribution in [2.75, 3.05) is 13.7 Å². The molecule has 0 bridgehead atoms. The zero-order chi connectivity index (χ0) is 43.3. The van der Waals surface area contributed by atoms with Gasteiger partial charge >= 0.3 is 12.3 Å². The molecule has 2 aliphatic heterocycles. The van der Waals surface area contributed by atoms with Crippen LogP contribution in [0.1, 0.15) is 86.0 Å². The quantitative estimate of drug-likeness (QED) is 0.211. The fourth-order valence-corrected chi connectivity index (χ4v) is 8.84. The zero-order valence-corrected chi connectivity index (χ0v) is 34.6. The van der Waals surface area contributed by atoms with Crippen LogP contribution in [-0.4, -0.2) is 90.6 Å². The molecule has 2 aliphatic carbocycles. The Morgan fingerprint density at radius 2 is 1.85 bits per heavy atom. The Bertz CT molecular complexity index is 2130. The lowest BCUT2D eigenvalue weighted by Gasteiger charge is -2.36. The van der Waals surface area contributed by atoms with Crippen molar-refractivity contribution in [1.29, 1.82) is 0 Å². The van der Waals surface area contributed by atoms with E-state index in [0.717, 1.165) is 18.7 Å². The summed E-state index contributed by atoms with van der Waals surface area (Å²) in [4.78, 5) is 61.3. The van der Waals surface area contributed by atoms with E-state index in [-0.39, 0.29) is 42.3 Å². The highest BCUT2D eigenvalue weighted by atomic mass is 32.2. The maximum Gasteiger partial charge on any atom is 0.423 e. The number of alkyl halides is 3. The summed E-state index contributed by atoms with van der Waals surface area (Å²) >= 11 is 0. The van der Waals surface area contributed by atoms with E-state index in [1.54, 1.807) is 19.1 Å². The van der Waals surface area contributed by atoms with Gasteiger partial charge in [-0.1, -0.05) is 32.4 Å². The van der Waals surface area contributed by atoms with Crippen LogP contribution < -0.4 is 24.8 Å². The van der Waals surface area contributed by atoms with Gasteiger partial charge in [-0.05, 0) is 88.3 Å². The smallest absolute Gasteiger partial charge is 0.423 e. The summed E-state index contributed by atoms with van der Waals surface area (Å²) in [6.07, 6.45) is 0.103. The molecule has 324 valence electrons. The summed E-state index contributed by atoms with van der Waals surface area (Å²) in [5.74, 6) is -5.13. The second kappa shape index (κ2) is 16.1. The average Bonchev–Trinajstić information content (AvgIpc) is 4.02. The first-order chi connectivity index (χ1) is 27.5. The highest BCUT2D eigenvalue weighted by Gasteiger charge is 2.61. The molecule has 1 aromatic carbocycles. The Balaban J connectivity index is 1.37. The van der Waals surface area contributed by atoms with Gasteiger partial charge in [-0.3, -0.25) is 14.4 Å². The first-order valence-electron chi connectivity index (χ1n) is 19.8. The number of rotatable bonds is 9. The molecule has 3 fully saturated rings. The number of hydrogen-bond acceptors (Lipinski definition) is 10. The van der Waals surface area contributed by atoms with Crippen molar-refractivity contribution < 1.29 is 59.4 Å². The molecule has 4 amide bonds. The predicted octanol–water partition coefficient (Wildman–Crippen LogP) is 5.65. The maximum atomic E-state index is 14.9. The minimum Gasteiger partial charge on any atom is -0.494 e. The van der Waals surface area contributed by atoms with Crippen LogP contribution in [0.2, 0.25) is 0 Å². The number of benzene rings is 1. The number of pyridine rings is 1. The van der Waals surface area contributed by atoms with Gasteiger partial charge in [0.05, 0.1) is 18.4 Å². The number of carbonyl (C=O) groups excluding carboxylic acids is 4. The normalized spacial score (nSPS) is 29.2. The van der Waals surface area contributed by atoms with Gasteiger partial charge in [-0.25, -0.2) is 27.3 Å². The van der Waals surface area contributed by atoms with Crippen LogP contribution in [0, 0.1) is 29.0 Å². The van der Waals surface area contributed by atoms with Crippen LogP contribution in [0.5, 0.6) is 11.6 Å². The van der Waals surface area contributed by atoms with Crippen LogP contribution in [-0.2, 0) is 29.1 Å². The Morgan fingerprint density at radius 3 is 2.49 bits per heavy atom. The van der Waals surface area contributed by atoms with Gasteiger partial charge in [0.25, 0.3) is 0 Å². The van der Waals surface area contributed by atoms with Crippen molar-refractivity contribution in [3.05, 3.63) is 42.4 Å². The Morgan fingerprint density at radius 1 is 1.14 bits per heavy atom. The van der Waals surface area contributed by atoms with Crippen molar-refractivity contribution in [2.45, 2.75) is 121 Å². The number of sulfonamides is 1. The van der Waals surface area contributed by atoms with Gasteiger partial charge < -0.3 is 29.7 Å². The molecular weight excluding hydrogens is 803 g/mol. The van der Waals surface area contributed by atoms with Crippen LogP contribution in [0.15, 0.2) is 36.5 Å². The molecule has 59 heavy (non-hydrogen) atoms. The molecule has 19 heteroatoms. The molecule has 2 aromatic rings. The number of carbonyl (C=O) groups is 4. The molecular formula is C40H51F4N5O9S. The maximum absolute atomic E-state index is 14.9. The van der Waals surface area contributed by atoms with Crippen molar-refractivity contribution in [3.8, 4) is 11.6 Å². The van der Waals surface area contributed by atoms with Crippen molar-refractivity contribution in [3.63, 3.8) is 0 Å². The highest BCUT2D eigenvalue weighted by Crippen LogP contribution is 2.47. The molecule has 0 unspecified atom stereocenters. The van der Waals surface area contributed by atoms with Gasteiger partial charge in [0.1, 0.15) is 23.6 Å². The minimum absolute atomic E-state index is 0.0253. The van der Waals surface area contributed by atoms with E-state index >= 15 is 0 Å². The van der Waals surface area contributed by atoms with E-state index in [2.05, 4.69) is 15.6 Å². The SMILES string of the molecule is CC[C@@H]1C[C@H](C)CC/C=C\[C@@H]2C[C@]2(OC(=O)NS(=O)(=O)C2(C)CC2)NC(=O)[C@@H]2C[C@@H](Oc3nccc4cc(OC)c(F)cc34)CN2C(=O)[C@H]1NC(=O)C(C)(C)C(F)(F)F. The molecule has 2 saturated carbocycles. The Hall–Kier alpha value is -4.68. The molecule has 6 rings (SSSR count). The Kier molecular flexibility index (Phi) is 11.9. The van der Waals surface area contributed by atoms with Crippen LogP contribution in [0.25, 0.3) is 10.8 Å². The number of nitrogens with zero attached hydrogens (tertiary/aromatic N) is 2. The third-order valence-electron chi connectivity index (χ3n) is 12.2. The lowest BCUT2D eigenvalue weighted by atomic mass is 9.83. The summed E-state index contributed by atoms with van der Waals surface area (Å²) in [6.45, 7) is 6.32. The number of hydrogen-bond donors (Lipinski definition) is 3. The molecule has 1 aromatic heterocycles. The third kappa shape index (κ3) is 8.94. The molecule has 14 nitrogen and oxygen atoms in total.